The average molecular weight is 274 g/mol. The molecule has 3 rings (SSSR count). The Hall–Kier alpha value is -1.65. The lowest BCUT2D eigenvalue weighted by Gasteiger charge is -2.34. The Kier molecular flexibility index (Phi) is 3.85. The number of hydrogen-bond acceptors (Lipinski definition) is 4. The Morgan fingerprint density at radius 2 is 2.05 bits per heavy atom. The molecule has 1 saturated heterocycles. The molecule has 20 heavy (non-hydrogen) atoms. The second-order valence-corrected chi connectivity index (χ2v) is 5.80. The lowest BCUT2D eigenvalue weighted by Crippen LogP contribution is -2.54. The van der Waals surface area contributed by atoms with E-state index in [9.17, 15) is 4.79 Å². The minimum Gasteiger partial charge on any atom is -0.353 e. The molecule has 0 radical (unpaired) electrons. The topological polar surface area (TPSA) is 58.1 Å². The van der Waals surface area contributed by atoms with Gasteiger partial charge in [0.2, 0.25) is 5.91 Å². The molecule has 0 bridgehead atoms. The number of anilines is 1. The zero-order chi connectivity index (χ0) is 13.9. The molecule has 2 heterocycles. The van der Waals surface area contributed by atoms with Crippen molar-refractivity contribution < 1.29 is 4.79 Å². The molecule has 1 unspecified atom stereocenters. The lowest BCUT2D eigenvalue weighted by atomic mass is 9.87. The normalized spacial score (nSPS) is 24.6. The van der Waals surface area contributed by atoms with Crippen LogP contribution < -0.4 is 10.2 Å². The van der Waals surface area contributed by atoms with Crippen molar-refractivity contribution in [3.63, 3.8) is 0 Å². The highest BCUT2D eigenvalue weighted by atomic mass is 16.2. The molecule has 1 aromatic rings. The van der Waals surface area contributed by atoms with Gasteiger partial charge < -0.3 is 10.2 Å². The van der Waals surface area contributed by atoms with Gasteiger partial charge in [0, 0.05) is 30.8 Å². The predicted octanol–water partition coefficient (Wildman–Crippen LogP) is 1.85. The van der Waals surface area contributed by atoms with E-state index in [-0.39, 0.29) is 11.9 Å². The molecular weight excluding hydrogens is 252 g/mol. The molecule has 1 aromatic heterocycles. The van der Waals surface area contributed by atoms with Crippen LogP contribution in [-0.2, 0) is 4.79 Å². The highest BCUT2D eigenvalue weighted by Gasteiger charge is 2.27. The summed E-state index contributed by atoms with van der Waals surface area (Å²) in [6, 6.07) is 1.93. The van der Waals surface area contributed by atoms with Crippen molar-refractivity contribution in [3.8, 4) is 0 Å². The fourth-order valence-corrected chi connectivity index (χ4v) is 3.24. The van der Waals surface area contributed by atoms with E-state index in [0.29, 0.717) is 12.5 Å². The van der Waals surface area contributed by atoms with Gasteiger partial charge in [-0.2, -0.15) is 0 Å². The van der Waals surface area contributed by atoms with E-state index in [1.807, 2.05) is 6.92 Å². The number of nitrogens with zero attached hydrogens (tertiary/aromatic N) is 3. The summed E-state index contributed by atoms with van der Waals surface area (Å²) in [7, 11) is 0. The number of amides is 1. The fourth-order valence-electron chi connectivity index (χ4n) is 3.24. The first kappa shape index (κ1) is 13.3. The van der Waals surface area contributed by atoms with Crippen LogP contribution in [0.15, 0.2) is 12.4 Å². The van der Waals surface area contributed by atoms with Crippen LogP contribution in [0.5, 0.6) is 0 Å². The SMILES string of the molecule is CC1C(=O)NCCN1c1cc(C2CCCCC2)ncn1. The summed E-state index contributed by atoms with van der Waals surface area (Å²) >= 11 is 0. The number of rotatable bonds is 2. The van der Waals surface area contributed by atoms with Gasteiger partial charge in [-0.05, 0) is 19.8 Å². The van der Waals surface area contributed by atoms with Gasteiger partial charge in [-0.3, -0.25) is 4.79 Å². The Labute approximate surface area is 119 Å². The van der Waals surface area contributed by atoms with Gasteiger partial charge in [0.05, 0.1) is 0 Å². The highest BCUT2D eigenvalue weighted by molar-refractivity contribution is 5.85. The number of carbonyl (C=O) groups is 1. The van der Waals surface area contributed by atoms with Crippen molar-refractivity contribution in [2.45, 2.75) is 51.0 Å². The second kappa shape index (κ2) is 5.77. The molecule has 5 nitrogen and oxygen atoms in total. The van der Waals surface area contributed by atoms with E-state index in [2.05, 4.69) is 26.3 Å². The molecule has 5 heteroatoms. The van der Waals surface area contributed by atoms with E-state index in [4.69, 9.17) is 0 Å². The van der Waals surface area contributed by atoms with E-state index < -0.39 is 0 Å². The summed E-state index contributed by atoms with van der Waals surface area (Å²) in [5.74, 6) is 1.54. The number of piperazine rings is 1. The van der Waals surface area contributed by atoms with Gasteiger partial charge >= 0.3 is 0 Å². The van der Waals surface area contributed by atoms with Crippen molar-refractivity contribution >= 4 is 11.7 Å². The van der Waals surface area contributed by atoms with Gasteiger partial charge in [-0.15, -0.1) is 0 Å². The maximum absolute atomic E-state index is 11.8. The van der Waals surface area contributed by atoms with Gasteiger partial charge in [0.15, 0.2) is 0 Å². The van der Waals surface area contributed by atoms with Crippen LogP contribution in [0.3, 0.4) is 0 Å². The lowest BCUT2D eigenvalue weighted by molar-refractivity contribution is -0.122. The molecule has 2 fully saturated rings. The smallest absolute Gasteiger partial charge is 0.242 e. The van der Waals surface area contributed by atoms with Gasteiger partial charge in [-0.1, -0.05) is 19.3 Å². The van der Waals surface area contributed by atoms with Crippen LogP contribution in [0.1, 0.15) is 50.6 Å². The van der Waals surface area contributed by atoms with E-state index in [1.165, 1.54) is 32.1 Å². The van der Waals surface area contributed by atoms with E-state index in [0.717, 1.165) is 18.1 Å². The molecule has 1 N–H and O–H groups in total. The van der Waals surface area contributed by atoms with Gasteiger partial charge in [0.25, 0.3) is 0 Å². The van der Waals surface area contributed by atoms with Crippen molar-refractivity contribution in [2.24, 2.45) is 0 Å². The first-order valence-electron chi connectivity index (χ1n) is 7.62. The highest BCUT2D eigenvalue weighted by Crippen LogP contribution is 2.32. The molecule has 2 aliphatic rings. The minimum absolute atomic E-state index is 0.0779. The fraction of sp³-hybridized carbons (Fsp3) is 0.667. The third-order valence-electron chi connectivity index (χ3n) is 4.49. The van der Waals surface area contributed by atoms with Crippen LogP contribution >= 0.6 is 0 Å². The molecule has 108 valence electrons. The second-order valence-electron chi connectivity index (χ2n) is 5.80. The number of carbonyl (C=O) groups excluding carboxylic acids is 1. The van der Waals surface area contributed by atoms with Gasteiger partial charge in [-0.25, -0.2) is 9.97 Å². The van der Waals surface area contributed by atoms with Crippen molar-refractivity contribution in [3.05, 3.63) is 18.1 Å². The summed E-state index contributed by atoms with van der Waals surface area (Å²) in [6.45, 7) is 3.43. The number of nitrogens with one attached hydrogen (secondary N) is 1. The minimum atomic E-state index is -0.155. The largest absolute Gasteiger partial charge is 0.353 e. The summed E-state index contributed by atoms with van der Waals surface area (Å²) in [5.41, 5.74) is 1.15. The maximum Gasteiger partial charge on any atom is 0.242 e. The molecule has 0 aromatic carbocycles. The summed E-state index contributed by atoms with van der Waals surface area (Å²) in [4.78, 5) is 22.7. The van der Waals surface area contributed by atoms with Crippen LogP contribution in [0.25, 0.3) is 0 Å². The van der Waals surface area contributed by atoms with E-state index in [1.54, 1.807) is 6.33 Å². The molecule has 1 aliphatic carbocycles. The monoisotopic (exact) mass is 274 g/mol. The molecule has 1 aliphatic heterocycles. The molecule has 0 spiro atoms. The molecule has 1 atom stereocenters. The number of hydrogen-bond donors (Lipinski definition) is 1. The third kappa shape index (κ3) is 2.62. The zero-order valence-corrected chi connectivity index (χ0v) is 12.0. The van der Waals surface area contributed by atoms with Crippen LogP contribution in [0.4, 0.5) is 5.82 Å². The zero-order valence-electron chi connectivity index (χ0n) is 12.0. The Balaban J connectivity index is 1.81. The van der Waals surface area contributed by atoms with Crippen molar-refractivity contribution in [1.82, 2.24) is 15.3 Å². The molecule has 1 saturated carbocycles. The van der Waals surface area contributed by atoms with E-state index >= 15 is 0 Å². The molecule has 1 amide bonds. The maximum atomic E-state index is 11.8. The van der Waals surface area contributed by atoms with Crippen LogP contribution in [0.2, 0.25) is 0 Å². The first-order chi connectivity index (χ1) is 9.75. The predicted molar refractivity (Wildman–Crippen MR) is 77.7 cm³/mol. The van der Waals surface area contributed by atoms with Crippen molar-refractivity contribution in [2.75, 3.05) is 18.0 Å². The Morgan fingerprint density at radius 3 is 2.85 bits per heavy atom. The summed E-state index contributed by atoms with van der Waals surface area (Å²) < 4.78 is 0. The average Bonchev–Trinajstić information content (AvgIpc) is 2.51. The number of aromatic nitrogens is 2. The van der Waals surface area contributed by atoms with Crippen LogP contribution in [-0.4, -0.2) is 35.0 Å². The summed E-state index contributed by atoms with van der Waals surface area (Å²) in [5, 5.41) is 2.89. The van der Waals surface area contributed by atoms with Crippen LogP contribution in [0, 0.1) is 0 Å². The quantitative estimate of drug-likeness (QED) is 0.894. The molecular formula is C15H22N4O. The third-order valence-corrected chi connectivity index (χ3v) is 4.49. The standard InChI is InChI=1S/C15H22N4O/c1-11-15(20)16-7-8-19(11)14-9-13(17-10-18-14)12-5-3-2-4-6-12/h9-12H,2-8H2,1H3,(H,16,20). The van der Waals surface area contributed by atoms with Crippen molar-refractivity contribution in [1.29, 1.82) is 0 Å². The summed E-state index contributed by atoms with van der Waals surface area (Å²) in [6.07, 6.45) is 8.05. The Bertz CT molecular complexity index is 485. The van der Waals surface area contributed by atoms with Gasteiger partial charge in [0.1, 0.15) is 18.2 Å². The first-order valence-corrected chi connectivity index (χ1v) is 7.62. The Morgan fingerprint density at radius 1 is 1.25 bits per heavy atom.